The molecule has 10 nitrogen and oxygen atoms in total. The number of pyridine rings is 2. The summed E-state index contributed by atoms with van der Waals surface area (Å²) in [6, 6.07) is 18.2. The molecule has 0 saturated carbocycles. The van der Waals surface area contributed by atoms with Crippen molar-refractivity contribution in [2.75, 3.05) is 38.7 Å². The van der Waals surface area contributed by atoms with E-state index in [0.717, 1.165) is 72.5 Å². The van der Waals surface area contributed by atoms with Gasteiger partial charge in [-0.15, -0.1) is 0 Å². The van der Waals surface area contributed by atoms with Crippen LogP contribution in [0.2, 0.25) is 10.0 Å². The van der Waals surface area contributed by atoms with Crippen LogP contribution in [0.3, 0.4) is 0 Å². The molecule has 12 heteroatoms. The Morgan fingerprint density at radius 2 is 1.73 bits per heavy atom. The smallest absolute Gasteiger partial charge is 0.221 e. The number of carbonyl (C=O) groups excluding carboxylic acids is 2. The molecule has 2 fully saturated rings. The minimum atomic E-state index is -0.0619. The Kier molecular flexibility index (Phi) is 9.73. The lowest BCUT2D eigenvalue weighted by molar-refractivity contribution is -0.120. The molecule has 3 aliphatic rings. The zero-order valence-corrected chi connectivity index (χ0v) is 29.1. The molecule has 2 amide bonds. The Morgan fingerprint density at radius 3 is 2.51 bits per heavy atom. The lowest BCUT2D eigenvalue weighted by atomic mass is 9.98. The summed E-state index contributed by atoms with van der Waals surface area (Å²) in [7, 11) is 3.71. The number of aromatic nitrogens is 2. The molecule has 0 spiro atoms. The first-order valence-corrected chi connectivity index (χ1v) is 17.4. The molecule has 4 aromatic rings. The molecular weight excluding hydrogens is 661 g/mol. The topological polar surface area (TPSA) is 112 Å². The molecule has 2 saturated heterocycles. The maximum Gasteiger partial charge on any atom is 0.221 e. The summed E-state index contributed by atoms with van der Waals surface area (Å²) in [6.45, 7) is 3.94. The zero-order chi connectivity index (χ0) is 34.1. The maximum atomic E-state index is 11.7. The number of likely N-dealkylation sites (N-methyl/N-ethyl adjacent to an activating group) is 1. The molecule has 254 valence electrons. The number of methoxy groups -OCH3 is 1. The van der Waals surface area contributed by atoms with Gasteiger partial charge in [-0.3, -0.25) is 24.8 Å². The first-order chi connectivity index (χ1) is 23.8. The van der Waals surface area contributed by atoms with Gasteiger partial charge in [0.25, 0.3) is 0 Å². The van der Waals surface area contributed by atoms with E-state index in [1.54, 1.807) is 13.3 Å². The number of nitrogens with zero attached hydrogens (tertiary/aromatic N) is 4. The number of rotatable bonds is 9. The molecule has 0 bridgehead atoms. The second-order valence-corrected chi connectivity index (χ2v) is 13.7. The van der Waals surface area contributed by atoms with Gasteiger partial charge in [-0.1, -0.05) is 59.6 Å². The number of fused-ring (bicyclic) bond motifs is 1. The highest BCUT2D eigenvalue weighted by atomic mass is 35.5. The standard InChI is InChI=1S/C37H39Cl2N7O3/c1-45-16-17-46(21-25-9-12-32(47)42-25)20-24-7-6-22(18-30(24)45)36-35(39)27(14-15-40-36)26-4-3-5-28(34(26)38)29-10-8-23(37(43-29)49-2)19-41-31-11-13-33(48)44-31/h3-8,10,14-15,18,25,31,41H,9,11-13,16-17,19-21H2,1-2H3,(H,42,47)(H,44,48)/t25-,31-/m0/s1. The summed E-state index contributed by atoms with van der Waals surface area (Å²) >= 11 is 14.3. The number of carbonyl (C=O) groups is 2. The molecule has 3 aliphatic heterocycles. The van der Waals surface area contributed by atoms with Crippen LogP contribution >= 0.6 is 23.2 Å². The average Bonchev–Trinajstić information content (AvgIpc) is 3.69. The van der Waals surface area contributed by atoms with Gasteiger partial charge in [0.1, 0.15) is 0 Å². The Bertz CT molecular complexity index is 1900. The van der Waals surface area contributed by atoms with E-state index in [0.29, 0.717) is 46.7 Å². The second-order valence-electron chi connectivity index (χ2n) is 12.9. The van der Waals surface area contributed by atoms with Crippen molar-refractivity contribution in [3.8, 4) is 39.5 Å². The molecular formula is C37H39Cl2N7O3. The van der Waals surface area contributed by atoms with E-state index in [9.17, 15) is 9.59 Å². The van der Waals surface area contributed by atoms with Crippen LogP contribution in [0.25, 0.3) is 33.6 Å². The number of nitrogens with one attached hydrogen (secondary N) is 3. The second kappa shape index (κ2) is 14.3. The largest absolute Gasteiger partial charge is 0.481 e. The van der Waals surface area contributed by atoms with Gasteiger partial charge in [0.05, 0.1) is 34.7 Å². The van der Waals surface area contributed by atoms with Gasteiger partial charge in [0.15, 0.2) is 0 Å². The summed E-state index contributed by atoms with van der Waals surface area (Å²) < 4.78 is 5.64. The van der Waals surface area contributed by atoms with Gasteiger partial charge in [-0.05, 0) is 36.6 Å². The minimum Gasteiger partial charge on any atom is -0.481 e. The highest BCUT2D eigenvalue weighted by Crippen LogP contribution is 2.42. The third kappa shape index (κ3) is 7.10. The van der Waals surface area contributed by atoms with Crippen LogP contribution < -0.4 is 25.6 Å². The van der Waals surface area contributed by atoms with Crippen molar-refractivity contribution < 1.29 is 14.3 Å². The average molecular weight is 701 g/mol. The van der Waals surface area contributed by atoms with Crippen LogP contribution in [-0.4, -0.2) is 72.7 Å². The third-order valence-electron chi connectivity index (χ3n) is 9.60. The van der Waals surface area contributed by atoms with Crippen molar-refractivity contribution in [3.05, 3.63) is 82.0 Å². The predicted octanol–water partition coefficient (Wildman–Crippen LogP) is 5.65. The van der Waals surface area contributed by atoms with Crippen molar-refractivity contribution in [3.63, 3.8) is 0 Å². The van der Waals surface area contributed by atoms with E-state index in [2.05, 4.69) is 51.0 Å². The number of ether oxygens (including phenoxy) is 1. The van der Waals surface area contributed by atoms with Crippen LogP contribution in [0.15, 0.2) is 60.8 Å². The fraction of sp³-hybridized carbons (Fsp3) is 0.351. The molecule has 5 heterocycles. The zero-order valence-electron chi connectivity index (χ0n) is 27.6. The Labute approximate surface area is 296 Å². The summed E-state index contributed by atoms with van der Waals surface area (Å²) in [4.78, 5) is 37.5. The van der Waals surface area contributed by atoms with Crippen LogP contribution in [0.4, 0.5) is 5.69 Å². The number of anilines is 1. The molecule has 0 aliphatic carbocycles. The van der Waals surface area contributed by atoms with E-state index in [1.165, 1.54) is 5.56 Å². The summed E-state index contributed by atoms with van der Waals surface area (Å²) in [5, 5.41) is 10.4. The Morgan fingerprint density at radius 1 is 0.939 bits per heavy atom. The highest BCUT2D eigenvalue weighted by molar-refractivity contribution is 6.39. The van der Waals surface area contributed by atoms with Crippen molar-refractivity contribution in [2.45, 2.75) is 51.0 Å². The van der Waals surface area contributed by atoms with Gasteiger partial charge in [-0.25, -0.2) is 4.98 Å². The summed E-state index contributed by atoms with van der Waals surface area (Å²) in [6.07, 6.45) is 4.48. The SMILES string of the molecule is COc1nc(-c2cccc(-c3ccnc(-c4ccc5c(c4)N(C)CCN(C[C@@H]4CCC(=O)N4)C5)c3Cl)c2Cl)ccc1CN[C@@H]1CCC(=O)N1. The van der Waals surface area contributed by atoms with Gasteiger partial charge in [0.2, 0.25) is 17.7 Å². The number of hydrogen-bond acceptors (Lipinski definition) is 8. The van der Waals surface area contributed by atoms with Crippen molar-refractivity contribution >= 4 is 40.7 Å². The Balaban J connectivity index is 1.14. The molecule has 3 N–H and O–H groups in total. The highest BCUT2D eigenvalue weighted by Gasteiger charge is 2.26. The van der Waals surface area contributed by atoms with E-state index < -0.39 is 0 Å². The van der Waals surface area contributed by atoms with E-state index in [1.807, 2.05) is 36.4 Å². The minimum absolute atomic E-state index is 0.0555. The molecule has 2 aromatic carbocycles. The monoisotopic (exact) mass is 699 g/mol. The molecule has 2 atom stereocenters. The van der Waals surface area contributed by atoms with Gasteiger partial charge in [0, 0.05) is 98.4 Å². The predicted molar refractivity (Wildman–Crippen MR) is 193 cm³/mol. The van der Waals surface area contributed by atoms with Crippen LogP contribution in [-0.2, 0) is 22.7 Å². The fourth-order valence-electron chi connectivity index (χ4n) is 6.94. The molecule has 0 unspecified atom stereocenters. The summed E-state index contributed by atoms with van der Waals surface area (Å²) in [5.41, 5.74) is 7.83. The number of benzene rings is 2. The van der Waals surface area contributed by atoms with Crippen molar-refractivity contribution in [2.24, 2.45) is 0 Å². The van der Waals surface area contributed by atoms with Gasteiger partial charge < -0.3 is 20.3 Å². The van der Waals surface area contributed by atoms with Crippen LogP contribution in [0, 0.1) is 0 Å². The Hall–Kier alpha value is -4.22. The van der Waals surface area contributed by atoms with Crippen LogP contribution in [0.5, 0.6) is 5.88 Å². The molecule has 49 heavy (non-hydrogen) atoms. The van der Waals surface area contributed by atoms with Crippen molar-refractivity contribution in [1.29, 1.82) is 0 Å². The molecule has 7 rings (SSSR count). The third-order valence-corrected chi connectivity index (χ3v) is 10.4. The number of halogens is 2. The quantitative estimate of drug-likeness (QED) is 0.206. The van der Waals surface area contributed by atoms with Gasteiger partial charge in [-0.2, -0.15) is 0 Å². The number of amides is 2. The molecule has 0 radical (unpaired) electrons. The molecule has 2 aromatic heterocycles. The normalized spacial score (nSPS) is 19.4. The van der Waals surface area contributed by atoms with Crippen molar-refractivity contribution in [1.82, 2.24) is 30.8 Å². The fourth-order valence-corrected chi connectivity index (χ4v) is 7.58. The number of hydrogen-bond donors (Lipinski definition) is 3. The first-order valence-electron chi connectivity index (χ1n) is 16.6. The lowest BCUT2D eigenvalue weighted by Crippen LogP contribution is -2.40. The first kappa shape index (κ1) is 33.3. The van der Waals surface area contributed by atoms with Gasteiger partial charge >= 0.3 is 0 Å². The maximum absolute atomic E-state index is 11.7. The van der Waals surface area contributed by atoms with Crippen LogP contribution in [0.1, 0.15) is 36.8 Å². The van der Waals surface area contributed by atoms with E-state index >= 15 is 0 Å². The summed E-state index contributed by atoms with van der Waals surface area (Å²) in [5.74, 6) is 0.691. The van der Waals surface area contributed by atoms with E-state index in [4.69, 9.17) is 37.9 Å². The van der Waals surface area contributed by atoms with E-state index in [-0.39, 0.29) is 24.0 Å². The lowest BCUT2D eigenvalue weighted by Gasteiger charge is -2.23.